The molecule has 2 amide bonds. The maximum atomic E-state index is 13.5. The summed E-state index contributed by atoms with van der Waals surface area (Å²) in [5.74, 6) is 0.426. The van der Waals surface area contributed by atoms with E-state index in [9.17, 15) is 9.59 Å². The molecule has 0 saturated carbocycles. The first-order chi connectivity index (χ1) is 15.5. The number of nitrogens with one attached hydrogen (secondary N) is 2. The van der Waals surface area contributed by atoms with Gasteiger partial charge in [-0.3, -0.25) is 14.5 Å². The van der Waals surface area contributed by atoms with Gasteiger partial charge in [0.15, 0.2) is 11.5 Å². The quantitative estimate of drug-likeness (QED) is 0.655. The topological polar surface area (TPSA) is 92.9 Å². The maximum absolute atomic E-state index is 13.5. The molecule has 3 heterocycles. The predicted molar refractivity (Wildman–Crippen MR) is 119 cm³/mol. The van der Waals surface area contributed by atoms with Gasteiger partial charge in [0.05, 0.1) is 33.4 Å². The van der Waals surface area contributed by atoms with Crippen LogP contribution in [0.4, 0.5) is 5.69 Å². The molecule has 8 heteroatoms. The summed E-state index contributed by atoms with van der Waals surface area (Å²) < 4.78 is 16.6. The number of imide groups is 1. The smallest absolute Gasteiger partial charge is 0.259 e. The molecular formula is C24H23N3O5. The highest BCUT2D eigenvalue weighted by Gasteiger charge is 2.41. The maximum Gasteiger partial charge on any atom is 0.259 e. The lowest BCUT2D eigenvalue weighted by Gasteiger charge is -2.22. The number of rotatable bonds is 4. The summed E-state index contributed by atoms with van der Waals surface area (Å²) in [6, 6.07) is 9.63. The number of nitrogens with zero attached hydrogens (tertiary/aromatic N) is 1. The molecule has 0 fully saturated rings. The molecule has 5 rings (SSSR count). The first-order valence-corrected chi connectivity index (χ1v) is 10.2. The minimum Gasteiger partial charge on any atom is -0.493 e. The van der Waals surface area contributed by atoms with Crippen molar-refractivity contribution in [3.63, 3.8) is 0 Å². The normalized spacial score (nSPS) is 17.2. The van der Waals surface area contributed by atoms with Crippen molar-refractivity contribution in [1.29, 1.82) is 0 Å². The van der Waals surface area contributed by atoms with Crippen molar-refractivity contribution in [2.24, 2.45) is 0 Å². The zero-order valence-corrected chi connectivity index (χ0v) is 18.2. The second-order valence-electron chi connectivity index (χ2n) is 7.79. The number of aromatic nitrogens is 1. The number of amides is 2. The van der Waals surface area contributed by atoms with Crippen LogP contribution >= 0.6 is 0 Å². The lowest BCUT2D eigenvalue weighted by Crippen LogP contribution is -2.33. The second-order valence-corrected chi connectivity index (χ2v) is 7.79. The fraction of sp³-hybridized carbons (Fsp3) is 0.250. The zero-order valence-electron chi connectivity index (χ0n) is 18.2. The number of benzene rings is 2. The van der Waals surface area contributed by atoms with Crippen LogP contribution in [0, 0.1) is 0 Å². The molecule has 2 N–H and O–H groups in total. The molecule has 32 heavy (non-hydrogen) atoms. The van der Waals surface area contributed by atoms with Gasteiger partial charge in [0.1, 0.15) is 0 Å². The first kappa shape index (κ1) is 20.0. The van der Waals surface area contributed by atoms with Gasteiger partial charge in [-0.25, -0.2) is 0 Å². The Morgan fingerprint density at radius 3 is 2.44 bits per heavy atom. The fourth-order valence-corrected chi connectivity index (χ4v) is 4.72. The van der Waals surface area contributed by atoms with Crippen LogP contribution in [0.3, 0.4) is 0 Å². The highest BCUT2D eigenvalue weighted by Crippen LogP contribution is 2.49. The number of carbonyl (C=O) groups excluding carboxylic acids is 2. The summed E-state index contributed by atoms with van der Waals surface area (Å²) in [6.45, 7) is 1.61. The Morgan fingerprint density at radius 1 is 1.09 bits per heavy atom. The molecule has 2 aromatic carbocycles. The van der Waals surface area contributed by atoms with E-state index in [4.69, 9.17) is 14.2 Å². The summed E-state index contributed by atoms with van der Waals surface area (Å²) >= 11 is 0. The van der Waals surface area contributed by atoms with Gasteiger partial charge in [0.25, 0.3) is 5.91 Å². The molecule has 0 bridgehead atoms. The molecule has 164 valence electrons. The second kappa shape index (κ2) is 7.33. The molecule has 0 aliphatic carbocycles. The molecule has 0 spiro atoms. The number of ether oxygens (including phenoxy) is 3. The third-order valence-corrected chi connectivity index (χ3v) is 6.14. The van der Waals surface area contributed by atoms with E-state index < -0.39 is 5.92 Å². The molecule has 3 aromatic rings. The van der Waals surface area contributed by atoms with Gasteiger partial charge in [-0.15, -0.1) is 0 Å². The van der Waals surface area contributed by atoms with Crippen molar-refractivity contribution in [2.45, 2.75) is 12.8 Å². The van der Waals surface area contributed by atoms with Crippen molar-refractivity contribution in [3.05, 3.63) is 58.9 Å². The molecule has 1 unspecified atom stereocenters. The van der Waals surface area contributed by atoms with Crippen molar-refractivity contribution >= 4 is 28.4 Å². The standard InChI is InChI=1S/C24H23N3O5/c1-12(28)27-11-17-22(24(27)29)20(13-8-18(30-2)23(32-4)19(9-13)31-3)14-10-25-15-6-5-7-16(26-17)21(14)15/h5-10,20,25-26H,11H2,1-4H3. The number of hydrogen-bond acceptors (Lipinski definition) is 6. The Labute approximate surface area is 184 Å². The van der Waals surface area contributed by atoms with Gasteiger partial charge in [-0.05, 0) is 35.4 Å². The third-order valence-electron chi connectivity index (χ3n) is 6.14. The van der Waals surface area contributed by atoms with Crippen molar-refractivity contribution < 1.29 is 23.8 Å². The number of aromatic amines is 1. The number of carbonyl (C=O) groups is 2. The molecule has 8 nitrogen and oxygen atoms in total. The highest BCUT2D eigenvalue weighted by atomic mass is 16.5. The van der Waals surface area contributed by atoms with Crippen molar-refractivity contribution in [1.82, 2.24) is 9.88 Å². The number of anilines is 1. The predicted octanol–water partition coefficient (Wildman–Crippen LogP) is 3.39. The van der Waals surface area contributed by atoms with E-state index in [0.717, 1.165) is 27.7 Å². The fourth-order valence-electron chi connectivity index (χ4n) is 4.72. The van der Waals surface area contributed by atoms with Gasteiger partial charge >= 0.3 is 0 Å². The van der Waals surface area contributed by atoms with Crippen molar-refractivity contribution in [3.8, 4) is 17.2 Å². The van der Waals surface area contributed by atoms with Gasteiger partial charge in [0, 0.05) is 41.3 Å². The Hall–Kier alpha value is -3.94. The van der Waals surface area contributed by atoms with Crippen LogP contribution in [0.25, 0.3) is 10.9 Å². The van der Waals surface area contributed by atoms with Crippen LogP contribution in [0.5, 0.6) is 17.2 Å². The Balaban J connectivity index is 1.80. The van der Waals surface area contributed by atoms with Crippen molar-refractivity contribution in [2.75, 3.05) is 33.2 Å². The minimum atomic E-state index is -0.444. The van der Waals surface area contributed by atoms with Crippen LogP contribution in [0.15, 0.2) is 47.8 Å². The van der Waals surface area contributed by atoms with Crippen LogP contribution in [0.2, 0.25) is 0 Å². The largest absolute Gasteiger partial charge is 0.493 e. The van der Waals surface area contributed by atoms with Gasteiger partial charge in [-0.2, -0.15) is 0 Å². The number of methoxy groups -OCH3 is 3. The van der Waals surface area contributed by atoms with Crippen LogP contribution in [0.1, 0.15) is 24.0 Å². The summed E-state index contributed by atoms with van der Waals surface area (Å²) in [6.07, 6.45) is 1.92. The molecular weight excluding hydrogens is 410 g/mol. The van der Waals surface area contributed by atoms with Gasteiger partial charge < -0.3 is 24.5 Å². The highest BCUT2D eigenvalue weighted by molar-refractivity contribution is 6.11. The lowest BCUT2D eigenvalue weighted by atomic mass is 9.84. The number of hydrogen-bond donors (Lipinski definition) is 2. The van der Waals surface area contributed by atoms with Crippen LogP contribution in [-0.2, 0) is 9.59 Å². The monoisotopic (exact) mass is 433 g/mol. The summed E-state index contributed by atoms with van der Waals surface area (Å²) in [4.78, 5) is 30.2. The zero-order chi connectivity index (χ0) is 22.6. The van der Waals surface area contributed by atoms with Gasteiger partial charge in [0.2, 0.25) is 11.7 Å². The summed E-state index contributed by atoms with van der Waals surface area (Å²) in [5.41, 5.74) is 4.82. The summed E-state index contributed by atoms with van der Waals surface area (Å²) in [7, 11) is 4.66. The molecule has 1 atom stereocenters. The minimum absolute atomic E-state index is 0.203. The Kier molecular flexibility index (Phi) is 4.58. The molecule has 0 saturated heterocycles. The average Bonchev–Trinajstić information content (AvgIpc) is 3.32. The lowest BCUT2D eigenvalue weighted by molar-refractivity contribution is -0.139. The third kappa shape index (κ3) is 2.76. The van der Waals surface area contributed by atoms with Crippen LogP contribution < -0.4 is 19.5 Å². The van der Waals surface area contributed by atoms with Gasteiger partial charge in [-0.1, -0.05) is 6.07 Å². The molecule has 1 aromatic heterocycles. The molecule has 2 aliphatic heterocycles. The van der Waals surface area contributed by atoms with E-state index in [2.05, 4.69) is 10.3 Å². The van der Waals surface area contributed by atoms with E-state index in [1.165, 1.54) is 11.8 Å². The van der Waals surface area contributed by atoms with Crippen LogP contribution in [-0.4, -0.2) is 49.6 Å². The molecule has 2 aliphatic rings. The summed E-state index contributed by atoms with van der Waals surface area (Å²) in [5, 5.41) is 4.43. The Morgan fingerprint density at radius 2 is 1.81 bits per heavy atom. The SMILES string of the molecule is COc1cc(C2C3=C(CN(C(C)=O)C3=O)Nc3cccc4[nH]cc2c34)cc(OC)c1OC. The van der Waals surface area contributed by atoms with E-state index in [1.807, 2.05) is 36.5 Å². The Bertz CT molecular complexity index is 1280. The van der Waals surface area contributed by atoms with E-state index in [-0.39, 0.29) is 18.4 Å². The van der Waals surface area contributed by atoms with E-state index in [1.54, 1.807) is 21.3 Å². The molecule has 0 radical (unpaired) electrons. The number of H-pyrrole nitrogens is 1. The first-order valence-electron chi connectivity index (χ1n) is 10.2. The average molecular weight is 433 g/mol. The van der Waals surface area contributed by atoms with E-state index in [0.29, 0.717) is 28.5 Å². The van der Waals surface area contributed by atoms with E-state index >= 15 is 0 Å².